The van der Waals surface area contributed by atoms with Crippen LogP contribution in [0.5, 0.6) is 0 Å². The van der Waals surface area contributed by atoms with E-state index in [0.29, 0.717) is 21.8 Å². The van der Waals surface area contributed by atoms with E-state index in [4.69, 9.17) is 0 Å². The second-order valence-corrected chi connectivity index (χ2v) is 5.73. The molecular weight excluding hydrogens is 324 g/mol. The molecule has 124 valence electrons. The highest BCUT2D eigenvalue weighted by molar-refractivity contribution is 5.82. The van der Waals surface area contributed by atoms with Crippen LogP contribution in [0.1, 0.15) is 11.4 Å². The van der Waals surface area contributed by atoms with Gasteiger partial charge in [0.1, 0.15) is 9.85 Å². The van der Waals surface area contributed by atoms with Crippen LogP contribution in [-0.2, 0) is 5.66 Å². The van der Waals surface area contributed by atoms with Crippen LogP contribution in [0, 0.1) is 20.2 Å². The molecule has 0 aliphatic heterocycles. The molecule has 2 aromatic heterocycles. The van der Waals surface area contributed by atoms with Crippen molar-refractivity contribution in [3.63, 3.8) is 0 Å². The van der Waals surface area contributed by atoms with Crippen LogP contribution in [0.4, 0.5) is 0 Å². The second-order valence-electron chi connectivity index (χ2n) is 5.73. The molecule has 0 saturated carbocycles. The fourth-order valence-electron chi connectivity index (χ4n) is 3.13. The Morgan fingerprint density at radius 2 is 1.12 bits per heavy atom. The molecule has 0 saturated heterocycles. The molecule has 0 aliphatic rings. The molecule has 2 aromatic carbocycles. The summed E-state index contributed by atoms with van der Waals surface area (Å²) in [4.78, 5) is 27.8. The minimum Gasteiger partial charge on any atom is -0.346 e. The Balaban J connectivity index is 2.05. The van der Waals surface area contributed by atoms with Crippen LogP contribution >= 0.6 is 0 Å². The van der Waals surface area contributed by atoms with Crippen molar-refractivity contribution in [2.24, 2.45) is 0 Å². The monoisotopic (exact) mass is 336 g/mol. The normalized spacial score (nSPS) is 11.8. The van der Waals surface area contributed by atoms with Gasteiger partial charge in [0.15, 0.2) is 11.4 Å². The number of fused-ring (bicyclic) bond motifs is 2. The molecule has 2 heterocycles. The van der Waals surface area contributed by atoms with Crippen molar-refractivity contribution in [2.45, 2.75) is 5.66 Å². The van der Waals surface area contributed by atoms with E-state index in [1.807, 2.05) is 0 Å². The van der Waals surface area contributed by atoms with Gasteiger partial charge in [0.25, 0.3) is 0 Å². The summed E-state index contributed by atoms with van der Waals surface area (Å²) in [5.74, 6) is 0. The molecule has 0 atom stereocenters. The fraction of sp³-hybridized carbons (Fsp3) is 0.0588. The number of nitrogens with one attached hydrogen (secondary N) is 2. The highest BCUT2D eigenvalue weighted by Crippen LogP contribution is 2.36. The van der Waals surface area contributed by atoms with Gasteiger partial charge in [0, 0.05) is 21.8 Å². The first-order valence-electron chi connectivity index (χ1n) is 7.49. The van der Waals surface area contributed by atoms with E-state index in [9.17, 15) is 20.2 Å². The van der Waals surface area contributed by atoms with E-state index in [1.54, 1.807) is 48.5 Å². The van der Waals surface area contributed by atoms with E-state index in [1.165, 1.54) is 12.1 Å². The van der Waals surface area contributed by atoms with Gasteiger partial charge in [-0.2, -0.15) is 0 Å². The molecule has 8 nitrogen and oxygen atoms in total. The minimum atomic E-state index is -2.64. The predicted octanol–water partition coefficient (Wildman–Crippen LogP) is 3.40. The summed E-state index contributed by atoms with van der Waals surface area (Å²) in [6, 6.07) is 16.9. The average Bonchev–Trinajstić information content (AvgIpc) is 3.18. The number of rotatable bonds is 4. The first-order chi connectivity index (χ1) is 12.0. The third kappa shape index (κ3) is 2.01. The molecular formula is C17H12N4O4. The van der Waals surface area contributed by atoms with Crippen LogP contribution in [0.2, 0.25) is 0 Å². The third-order valence-corrected chi connectivity index (χ3v) is 4.34. The van der Waals surface area contributed by atoms with Gasteiger partial charge < -0.3 is 9.97 Å². The Morgan fingerprint density at radius 1 is 0.720 bits per heavy atom. The van der Waals surface area contributed by atoms with Crippen molar-refractivity contribution in [1.29, 1.82) is 0 Å². The summed E-state index contributed by atoms with van der Waals surface area (Å²) in [6.07, 6.45) is 0. The number of H-pyrrole nitrogens is 2. The van der Waals surface area contributed by atoms with Crippen molar-refractivity contribution in [1.82, 2.24) is 9.97 Å². The van der Waals surface area contributed by atoms with Crippen LogP contribution in [0.15, 0.2) is 60.7 Å². The lowest BCUT2D eigenvalue weighted by Crippen LogP contribution is -2.45. The molecule has 4 aromatic rings. The molecule has 25 heavy (non-hydrogen) atoms. The zero-order valence-corrected chi connectivity index (χ0v) is 12.8. The number of hydrogen-bond donors (Lipinski definition) is 2. The first-order valence-corrected chi connectivity index (χ1v) is 7.49. The van der Waals surface area contributed by atoms with Crippen molar-refractivity contribution in [3.05, 3.63) is 92.3 Å². The number of nitrogens with zero attached hydrogens (tertiary/aromatic N) is 2. The molecule has 0 bridgehead atoms. The van der Waals surface area contributed by atoms with E-state index >= 15 is 0 Å². The smallest absolute Gasteiger partial charge is 0.346 e. The number of aromatic nitrogens is 2. The Morgan fingerprint density at radius 3 is 1.48 bits per heavy atom. The SMILES string of the molecule is O=[N+]([O-])C(c1cc2ccccc2[nH]1)(c1cc2ccccc2[nH]1)[N+](=O)[O-]. The van der Waals surface area contributed by atoms with Crippen LogP contribution in [-0.4, -0.2) is 19.8 Å². The van der Waals surface area contributed by atoms with Gasteiger partial charge in [-0.05, 0) is 24.3 Å². The van der Waals surface area contributed by atoms with Crippen LogP contribution < -0.4 is 0 Å². The van der Waals surface area contributed by atoms with Crippen molar-refractivity contribution >= 4 is 21.8 Å². The molecule has 0 radical (unpaired) electrons. The van der Waals surface area contributed by atoms with Crippen LogP contribution in [0.3, 0.4) is 0 Å². The average molecular weight is 336 g/mol. The Kier molecular flexibility index (Phi) is 3.08. The third-order valence-electron chi connectivity index (χ3n) is 4.34. The zero-order chi connectivity index (χ0) is 17.6. The number of para-hydroxylation sites is 2. The fourth-order valence-corrected chi connectivity index (χ4v) is 3.13. The maximum Gasteiger partial charge on any atom is 0.538 e. The highest BCUT2D eigenvalue weighted by atomic mass is 16.7. The van der Waals surface area contributed by atoms with Gasteiger partial charge in [0.2, 0.25) is 0 Å². The molecule has 0 amide bonds. The summed E-state index contributed by atoms with van der Waals surface area (Å²) in [5, 5.41) is 25.2. The van der Waals surface area contributed by atoms with Crippen LogP contribution in [0.25, 0.3) is 21.8 Å². The zero-order valence-electron chi connectivity index (χ0n) is 12.8. The number of benzene rings is 2. The first kappa shape index (κ1) is 14.9. The molecule has 0 spiro atoms. The Labute approximate surface area is 140 Å². The number of aromatic amines is 2. The van der Waals surface area contributed by atoms with Crippen molar-refractivity contribution in [3.8, 4) is 0 Å². The molecule has 4 rings (SSSR count). The molecule has 0 unspecified atom stereocenters. The molecule has 8 heteroatoms. The summed E-state index contributed by atoms with van der Waals surface area (Å²) in [5.41, 5.74) is -1.65. The Hall–Kier alpha value is -3.68. The highest BCUT2D eigenvalue weighted by Gasteiger charge is 2.62. The maximum atomic E-state index is 11.9. The maximum absolute atomic E-state index is 11.9. The van der Waals surface area contributed by atoms with Gasteiger partial charge in [-0.3, -0.25) is 20.2 Å². The van der Waals surface area contributed by atoms with E-state index in [2.05, 4.69) is 9.97 Å². The van der Waals surface area contributed by atoms with Gasteiger partial charge in [0.05, 0.1) is 0 Å². The quantitative estimate of drug-likeness (QED) is 0.337. The summed E-state index contributed by atoms with van der Waals surface area (Å²) < 4.78 is 0. The Bertz CT molecular complexity index is 972. The van der Waals surface area contributed by atoms with E-state index < -0.39 is 15.5 Å². The molecule has 2 N–H and O–H groups in total. The summed E-state index contributed by atoms with van der Waals surface area (Å²) in [6.45, 7) is 0. The molecule has 0 fully saturated rings. The van der Waals surface area contributed by atoms with E-state index in [0.717, 1.165) is 0 Å². The largest absolute Gasteiger partial charge is 0.538 e. The van der Waals surface area contributed by atoms with Crippen molar-refractivity contribution < 1.29 is 9.85 Å². The lowest BCUT2D eigenvalue weighted by molar-refractivity contribution is -0.797. The predicted molar refractivity (Wildman–Crippen MR) is 91.4 cm³/mol. The van der Waals surface area contributed by atoms with E-state index in [-0.39, 0.29) is 11.4 Å². The van der Waals surface area contributed by atoms with Gasteiger partial charge in [-0.1, -0.05) is 36.4 Å². The lowest BCUT2D eigenvalue weighted by atomic mass is 10.0. The topological polar surface area (TPSA) is 118 Å². The number of nitro groups is 2. The summed E-state index contributed by atoms with van der Waals surface area (Å²) >= 11 is 0. The van der Waals surface area contributed by atoms with Gasteiger partial charge >= 0.3 is 5.66 Å². The lowest BCUT2D eigenvalue weighted by Gasteiger charge is -2.14. The minimum absolute atomic E-state index is 0.102. The molecule has 0 aliphatic carbocycles. The van der Waals surface area contributed by atoms with Gasteiger partial charge in [-0.25, -0.2) is 0 Å². The standard InChI is InChI=1S/C17H12N4O4/c22-20(23)17(21(24)25,15-9-11-5-1-3-7-13(11)18-15)16-10-12-6-2-4-8-14(12)19-16/h1-10,18-19H. The second kappa shape index (κ2) is 5.17. The summed E-state index contributed by atoms with van der Waals surface area (Å²) in [7, 11) is 0. The van der Waals surface area contributed by atoms with Crippen molar-refractivity contribution in [2.75, 3.05) is 0 Å². The number of hydrogen-bond acceptors (Lipinski definition) is 4. The van der Waals surface area contributed by atoms with Gasteiger partial charge in [-0.15, -0.1) is 0 Å².